The summed E-state index contributed by atoms with van der Waals surface area (Å²) in [5.41, 5.74) is 7.24. The summed E-state index contributed by atoms with van der Waals surface area (Å²) in [6.07, 6.45) is 8.09. The standard InChI is InChI=1S/C22H30N2O4S/c1-4-22(2,3)12-9-10-15-16(11-12)29-20(17(15)18(23)25)24-19(26)13-7-5-6-8-14(13)21(27)28/h5-6,12-14H,4,7-11H2,1-3H3,(H2,23,25)(H,24,26)(H,27,28)/t12-,13-,14-/m0/s1. The predicted molar refractivity (Wildman–Crippen MR) is 114 cm³/mol. The molecule has 3 atom stereocenters. The quantitative estimate of drug-likeness (QED) is 0.607. The van der Waals surface area contributed by atoms with Crippen LogP contribution in [0.4, 0.5) is 5.00 Å². The number of primary amides is 1. The van der Waals surface area contributed by atoms with Gasteiger partial charge in [-0.1, -0.05) is 39.3 Å². The van der Waals surface area contributed by atoms with Crippen molar-refractivity contribution in [2.75, 3.05) is 5.32 Å². The molecule has 29 heavy (non-hydrogen) atoms. The minimum Gasteiger partial charge on any atom is -0.481 e. The van der Waals surface area contributed by atoms with Crippen LogP contribution < -0.4 is 11.1 Å². The van der Waals surface area contributed by atoms with Crippen LogP contribution >= 0.6 is 11.3 Å². The maximum atomic E-state index is 12.9. The average Bonchev–Trinajstić information content (AvgIpc) is 3.04. The molecule has 2 aliphatic carbocycles. The average molecular weight is 419 g/mol. The molecule has 0 saturated heterocycles. The molecular formula is C22H30N2O4S. The second-order valence-electron chi connectivity index (χ2n) is 8.84. The molecule has 7 heteroatoms. The van der Waals surface area contributed by atoms with Gasteiger partial charge in [0.25, 0.3) is 5.91 Å². The van der Waals surface area contributed by atoms with Crippen LogP contribution in [0.15, 0.2) is 12.2 Å². The lowest BCUT2D eigenvalue weighted by Crippen LogP contribution is -2.35. The minimum atomic E-state index is -0.972. The molecule has 0 radical (unpaired) electrons. The Kier molecular flexibility index (Phi) is 6.17. The highest BCUT2D eigenvalue weighted by Gasteiger charge is 2.37. The monoisotopic (exact) mass is 418 g/mol. The molecule has 4 N–H and O–H groups in total. The number of carboxylic acids is 1. The summed E-state index contributed by atoms with van der Waals surface area (Å²) < 4.78 is 0. The van der Waals surface area contributed by atoms with Crippen molar-refractivity contribution in [3.05, 3.63) is 28.2 Å². The minimum absolute atomic E-state index is 0.209. The molecule has 2 amide bonds. The van der Waals surface area contributed by atoms with Gasteiger partial charge < -0.3 is 16.2 Å². The van der Waals surface area contributed by atoms with Gasteiger partial charge in [0.05, 0.1) is 17.4 Å². The molecule has 0 aromatic carbocycles. The van der Waals surface area contributed by atoms with E-state index in [1.165, 1.54) is 11.3 Å². The normalized spacial score (nSPS) is 24.0. The van der Waals surface area contributed by atoms with Crippen LogP contribution in [0.3, 0.4) is 0 Å². The fourth-order valence-corrected chi connectivity index (χ4v) is 5.81. The largest absolute Gasteiger partial charge is 0.481 e. The van der Waals surface area contributed by atoms with E-state index >= 15 is 0 Å². The van der Waals surface area contributed by atoms with Crippen molar-refractivity contribution >= 4 is 34.1 Å². The van der Waals surface area contributed by atoms with Crippen LogP contribution in [0.2, 0.25) is 0 Å². The van der Waals surface area contributed by atoms with Crippen molar-refractivity contribution in [3.63, 3.8) is 0 Å². The van der Waals surface area contributed by atoms with Gasteiger partial charge in [0, 0.05) is 4.88 Å². The Bertz CT molecular complexity index is 855. The Morgan fingerprint density at radius 1 is 1.24 bits per heavy atom. The first kappa shape index (κ1) is 21.6. The summed E-state index contributed by atoms with van der Waals surface area (Å²) in [7, 11) is 0. The van der Waals surface area contributed by atoms with Gasteiger partial charge in [-0.2, -0.15) is 0 Å². The number of amides is 2. The molecule has 0 spiro atoms. The van der Waals surface area contributed by atoms with Gasteiger partial charge in [-0.25, -0.2) is 0 Å². The molecule has 158 valence electrons. The highest BCUT2D eigenvalue weighted by atomic mass is 32.1. The summed E-state index contributed by atoms with van der Waals surface area (Å²) in [5, 5.41) is 12.8. The molecule has 0 aliphatic heterocycles. The summed E-state index contributed by atoms with van der Waals surface area (Å²) in [6.45, 7) is 6.75. The number of aliphatic carboxylic acids is 1. The Hall–Kier alpha value is -2.15. The van der Waals surface area contributed by atoms with E-state index in [4.69, 9.17) is 5.73 Å². The highest BCUT2D eigenvalue weighted by Crippen LogP contribution is 2.45. The van der Waals surface area contributed by atoms with Crippen LogP contribution in [0.5, 0.6) is 0 Å². The van der Waals surface area contributed by atoms with Gasteiger partial charge in [-0.15, -0.1) is 11.3 Å². The SMILES string of the molecule is CCC(C)(C)[C@H]1CCc2c(sc(NC(=O)[C@H]3CC=CC[C@@H]3C(=O)O)c2C(N)=O)C1. The number of nitrogens with two attached hydrogens (primary N) is 1. The third kappa shape index (κ3) is 4.25. The number of allylic oxidation sites excluding steroid dienone is 2. The third-order valence-corrected chi connectivity index (χ3v) is 8.02. The Morgan fingerprint density at radius 3 is 2.48 bits per heavy atom. The Balaban J connectivity index is 1.87. The topological polar surface area (TPSA) is 109 Å². The van der Waals surface area contributed by atoms with Crippen LogP contribution in [-0.4, -0.2) is 22.9 Å². The zero-order valence-corrected chi connectivity index (χ0v) is 18.1. The predicted octanol–water partition coefficient (Wildman–Crippen LogP) is 3.99. The number of hydrogen-bond acceptors (Lipinski definition) is 4. The lowest BCUT2D eigenvalue weighted by molar-refractivity contribution is -0.146. The highest BCUT2D eigenvalue weighted by molar-refractivity contribution is 7.17. The van der Waals surface area contributed by atoms with E-state index in [2.05, 4.69) is 26.1 Å². The number of nitrogens with one attached hydrogen (secondary N) is 1. The van der Waals surface area contributed by atoms with Crippen LogP contribution in [0.25, 0.3) is 0 Å². The van der Waals surface area contributed by atoms with E-state index < -0.39 is 23.7 Å². The second kappa shape index (κ2) is 8.30. The molecule has 1 aromatic rings. The van der Waals surface area contributed by atoms with E-state index in [-0.39, 0.29) is 11.3 Å². The van der Waals surface area contributed by atoms with Gasteiger partial charge in [0.2, 0.25) is 5.91 Å². The van der Waals surface area contributed by atoms with Crippen molar-refractivity contribution in [1.82, 2.24) is 0 Å². The molecule has 0 fully saturated rings. The van der Waals surface area contributed by atoms with Crippen LogP contribution in [-0.2, 0) is 22.4 Å². The molecule has 3 rings (SSSR count). The molecule has 0 bridgehead atoms. The molecular weight excluding hydrogens is 388 g/mol. The summed E-state index contributed by atoms with van der Waals surface area (Å²) >= 11 is 1.42. The van der Waals surface area contributed by atoms with E-state index in [0.717, 1.165) is 36.1 Å². The van der Waals surface area contributed by atoms with Gasteiger partial charge >= 0.3 is 5.97 Å². The number of anilines is 1. The van der Waals surface area contributed by atoms with Gasteiger partial charge in [-0.3, -0.25) is 14.4 Å². The lowest BCUT2D eigenvalue weighted by Gasteiger charge is -2.36. The number of hydrogen-bond donors (Lipinski definition) is 3. The number of rotatable bonds is 6. The number of carbonyl (C=O) groups is 3. The van der Waals surface area contributed by atoms with E-state index in [1.807, 2.05) is 6.08 Å². The van der Waals surface area contributed by atoms with Crippen LogP contribution in [0.1, 0.15) is 67.3 Å². The van der Waals surface area contributed by atoms with E-state index in [9.17, 15) is 19.5 Å². The Morgan fingerprint density at radius 2 is 1.90 bits per heavy atom. The molecule has 0 saturated carbocycles. The van der Waals surface area contributed by atoms with E-state index in [0.29, 0.717) is 29.3 Å². The first-order valence-electron chi connectivity index (χ1n) is 10.3. The summed E-state index contributed by atoms with van der Waals surface area (Å²) in [5.74, 6) is -2.74. The maximum Gasteiger partial charge on any atom is 0.307 e. The molecule has 1 heterocycles. The smallest absolute Gasteiger partial charge is 0.307 e. The van der Waals surface area contributed by atoms with Gasteiger partial charge in [0.1, 0.15) is 5.00 Å². The molecule has 2 aliphatic rings. The van der Waals surface area contributed by atoms with Crippen molar-refractivity contribution < 1.29 is 19.5 Å². The van der Waals surface area contributed by atoms with E-state index in [1.54, 1.807) is 6.08 Å². The Labute approximate surface area is 175 Å². The fourth-order valence-electron chi connectivity index (χ4n) is 4.47. The number of carbonyl (C=O) groups excluding carboxylic acids is 2. The number of fused-ring (bicyclic) bond motifs is 1. The lowest BCUT2D eigenvalue weighted by atomic mass is 9.69. The zero-order valence-electron chi connectivity index (χ0n) is 17.3. The first-order chi connectivity index (χ1) is 13.7. The van der Waals surface area contributed by atoms with Crippen molar-refractivity contribution in [2.24, 2.45) is 28.9 Å². The summed E-state index contributed by atoms with van der Waals surface area (Å²) in [4.78, 5) is 37.7. The first-order valence-corrected chi connectivity index (χ1v) is 11.1. The summed E-state index contributed by atoms with van der Waals surface area (Å²) in [6, 6.07) is 0. The zero-order chi connectivity index (χ0) is 21.3. The van der Waals surface area contributed by atoms with Gasteiger partial charge in [-0.05, 0) is 49.0 Å². The van der Waals surface area contributed by atoms with Crippen molar-refractivity contribution in [3.8, 4) is 0 Å². The maximum absolute atomic E-state index is 12.9. The number of carboxylic acid groups (broad SMARTS) is 1. The molecule has 1 aromatic heterocycles. The van der Waals surface area contributed by atoms with Crippen molar-refractivity contribution in [2.45, 2.75) is 59.3 Å². The second-order valence-corrected chi connectivity index (χ2v) is 9.94. The molecule has 6 nitrogen and oxygen atoms in total. The number of thiophene rings is 1. The van der Waals surface area contributed by atoms with Crippen molar-refractivity contribution in [1.29, 1.82) is 0 Å². The fraction of sp³-hybridized carbons (Fsp3) is 0.591. The third-order valence-electron chi connectivity index (χ3n) is 6.85. The van der Waals surface area contributed by atoms with Gasteiger partial charge in [0.15, 0.2) is 0 Å². The molecule has 0 unspecified atom stereocenters. The van der Waals surface area contributed by atoms with Crippen LogP contribution in [0, 0.1) is 23.2 Å².